The van der Waals surface area contributed by atoms with Crippen molar-refractivity contribution in [2.75, 3.05) is 18.1 Å². The summed E-state index contributed by atoms with van der Waals surface area (Å²) in [6.07, 6.45) is 2.41. The Labute approximate surface area is 134 Å². The van der Waals surface area contributed by atoms with Crippen molar-refractivity contribution in [3.63, 3.8) is 0 Å². The van der Waals surface area contributed by atoms with Gasteiger partial charge in [0.1, 0.15) is 0 Å². The first-order valence-corrected chi connectivity index (χ1v) is 10.3. The fourth-order valence-corrected chi connectivity index (χ4v) is 7.05. The largest absolute Gasteiger partial charge is 0.308 e. The van der Waals surface area contributed by atoms with Crippen molar-refractivity contribution >= 4 is 46.5 Å². The second-order valence-corrected chi connectivity index (χ2v) is 8.71. The van der Waals surface area contributed by atoms with Gasteiger partial charge in [-0.1, -0.05) is 25.4 Å². The maximum Gasteiger partial charge on any atom is 0.0561 e. The Morgan fingerprint density at radius 3 is 2.79 bits per heavy atom. The van der Waals surface area contributed by atoms with Crippen LogP contribution in [-0.2, 0) is 0 Å². The van der Waals surface area contributed by atoms with Gasteiger partial charge in [0.15, 0.2) is 0 Å². The van der Waals surface area contributed by atoms with Gasteiger partial charge in [0.05, 0.1) is 11.1 Å². The van der Waals surface area contributed by atoms with Crippen LogP contribution in [0.1, 0.15) is 37.6 Å². The lowest BCUT2D eigenvalue weighted by atomic mass is 10.1. The summed E-state index contributed by atoms with van der Waals surface area (Å²) in [5.74, 6) is 2.55. The van der Waals surface area contributed by atoms with Gasteiger partial charge >= 0.3 is 0 Å². The Hall–Kier alpha value is 0.650. The first-order chi connectivity index (χ1) is 9.27. The quantitative estimate of drug-likeness (QED) is 0.779. The fourth-order valence-electron chi connectivity index (χ4n) is 2.43. The fraction of sp³-hybridized carbons (Fsp3) is 0.714. The summed E-state index contributed by atoms with van der Waals surface area (Å²) < 4.78 is 0. The van der Waals surface area contributed by atoms with E-state index in [0.29, 0.717) is 11.3 Å². The van der Waals surface area contributed by atoms with Crippen molar-refractivity contribution in [2.24, 2.45) is 0 Å². The summed E-state index contributed by atoms with van der Waals surface area (Å²) in [7, 11) is 0. The van der Waals surface area contributed by atoms with E-state index in [-0.39, 0.29) is 0 Å². The number of rotatable bonds is 6. The minimum absolute atomic E-state index is 0.412. The lowest BCUT2D eigenvalue weighted by molar-refractivity contribution is 0.504. The summed E-state index contributed by atoms with van der Waals surface area (Å²) in [5, 5.41) is 8.17. The van der Waals surface area contributed by atoms with Crippen LogP contribution < -0.4 is 5.32 Å². The van der Waals surface area contributed by atoms with Crippen LogP contribution in [0.4, 0.5) is 0 Å². The molecule has 0 saturated carbocycles. The second kappa shape index (κ2) is 8.18. The predicted octanol–water partition coefficient (Wildman–Crippen LogP) is 5.07. The average Bonchev–Trinajstić information content (AvgIpc) is 2.86. The van der Waals surface area contributed by atoms with Gasteiger partial charge in [-0.05, 0) is 30.8 Å². The highest BCUT2D eigenvalue weighted by Gasteiger charge is 2.34. The third-order valence-electron chi connectivity index (χ3n) is 3.36. The average molecular weight is 336 g/mol. The van der Waals surface area contributed by atoms with Crippen LogP contribution in [0, 0.1) is 0 Å². The topological polar surface area (TPSA) is 12.0 Å². The van der Waals surface area contributed by atoms with E-state index in [1.807, 2.05) is 6.07 Å². The summed E-state index contributed by atoms with van der Waals surface area (Å²) in [4.78, 5) is 1.33. The minimum atomic E-state index is 0.412. The molecule has 0 aromatic carbocycles. The normalized spacial score (nSPS) is 25.4. The van der Waals surface area contributed by atoms with Crippen LogP contribution >= 0.6 is 46.5 Å². The molecule has 1 saturated heterocycles. The van der Waals surface area contributed by atoms with Crippen LogP contribution in [0.5, 0.6) is 0 Å². The monoisotopic (exact) mass is 335 g/mol. The van der Waals surface area contributed by atoms with Crippen LogP contribution in [0.25, 0.3) is 0 Å². The van der Waals surface area contributed by atoms with E-state index in [9.17, 15) is 0 Å². The molecule has 1 nitrogen and oxygen atoms in total. The van der Waals surface area contributed by atoms with Gasteiger partial charge in [-0.15, -0.1) is 11.3 Å². The molecule has 5 heteroatoms. The molecule has 1 fully saturated rings. The molecule has 1 aliphatic heterocycles. The molecule has 0 aliphatic carbocycles. The number of thioether (sulfide) groups is 2. The molecule has 108 valence electrons. The van der Waals surface area contributed by atoms with Crippen molar-refractivity contribution < 1.29 is 0 Å². The maximum atomic E-state index is 6.38. The summed E-state index contributed by atoms with van der Waals surface area (Å²) in [6.45, 7) is 5.60. The Morgan fingerprint density at radius 1 is 1.37 bits per heavy atom. The Morgan fingerprint density at radius 2 is 2.16 bits per heavy atom. The molecule has 1 N–H and O–H groups in total. The number of thiophene rings is 1. The minimum Gasteiger partial charge on any atom is -0.308 e. The standard InChI is InChI=1S/C14H22ClNS3/c1-3-6-16-12(13-10(15)5-7-18-13)14-11(4-2)17-8-9-19-14/h5,7,11-12,14,16H,3-4,6,8-9H2,1-2H3. The molecule has 0 bridgehead atoms. The Kier molecular flexibility index (Phi) is 6.90. The van der Waals surface area contributed by atoms with Gasteiger partial charge in [0.2, 0.25) is 0 Å². The summed E-state index contributed by atoms with van der Waals surface area (Å²) >= 11 is 12.4. The molecule has 0 radical (unpaired) electrons. The number of hydrogen-bond donors (Lipinski definition) is 1. The molecule has 3 atom stereocenters. The highest BCUT2D eigenvalue weighted by atomic mass is 35.5. The first kappa shape index (κ1) is 16.0. The molecule has 19 heavy (non-hydrogen) atoms. The zero-order valence-corrected chi connectivity index (χ0v) is 14.7. The Bertz CT molecular complexity index is 383. The molecule has 0 amide bonds. The van der Waals surface area contributed by atoms with Crippen LogP contribution in [-0.4, -0.2) is 28.6 Å². The molecule has 0 spiro atoms. The number of halogens is 1. The molecular weight excluding hydrogens is 314 g/mol. The van der Waals surface area contributed by atoms with Crippen LogP contribution in [0.15, 0.2) is 11.4 Å². The van der Waals surface area contributed by atoms with Gasteiger partial charge in [0, 0.05) is 26.9 Å². The molecule has 1 aromatic rings. The highest BCUT2D eigenvalue weighted by molar-refractivity contribution is 8.07. The summed E-state index contributed by atoms with van der Waals surface area (Å²) in [6, 6.07) is 2.44. The lowest BCUT2D eigenvalue weighted by Gasteiger charge is -2.36. The van der Waals surface area contributed by atoms with Crippen molar-refractivity contribution in [2.45, 2.75) is 43.2 Å². The highest BCUT2D eigenvalue weighted by Crippen LogP contribution is 2.43. The second-order valence-electron chi connectivity index (χ2n) is 4.72. The van der Waals surface area contributed by atoms with Crippen molar-refractivity contribution in [3.8, 4) is 0 Å². The van der Waals surface area contributed by atoms with Gasteiger partial charge in [-0.3, -0.25) is 0 Å². The smallest absolute Gasteiger partial charge is 0.0561 e. The number of nitrogens with one attached hydrogen (secondary N) is 1. The number of hydrogen-bond acceptors (Lipinski definition) is 4. The van der Waals surface area contributed by atoms with Crippen molar-refractivity contribution in [3.05, 3.63) is 21.3 Å². The molecule has 2 heterocycles. The zero-order valence-electron chi connectivity index (χ0n) is 11.5. The van der Waals surface area contributed by atoms with Crippen molar-refractivity contribution in [1.29, 1.82) is 0 Å². The van der Waals surface area contributed by atoms with Gasteiger partial charge in [-0.2, -0.15) is 23.5 Å². The van der Waals surface area contributed by atoms with Gasteiger partial charge in [-0.25, -0.2) is 0 Å². The molecule has 3 unspecified atom stereocenters. The van der Waals surface area contributed by atoms with Gasteiger partial charge in [0.25, 0.3) is 0 Å². The van der Waals surface area contributed by atoms with E-state index >= 15 is 0 Å². The third-order valence-corrected chi connectivity index (χ3v) is 8.16. The van der Waals surface area contributed by atoms with E-state index in [1.165, 1.54) is 29.2 Å². The van der Waals surface area contributed by atoms with Crippen LogP contribution in [0.2, 0.25) is 5.02 Å². The lowest BCUT2D eigenvalue weighted by Crippen LogP contribution is -2.38. The van der Waals surface area contributed by atoms with Gasteiger partial charge < -0.3 is 5.32 Å². The van der Waals surface area contributed by atoms with Crippen LogP contribution in [0.3, 0.4) is 0 Å². The maximum absolute atomic E-state index is 6.38. The summed E-state index contributed by atoms with van der Waals surface area (Å²) in [5.41, 5.74) is 0. The van der Waals surface area contributed by atoms with E-state index < -0.39 is 0 Å². The SMILES string of the molecule is CCCNC(c1sccc1Cl)C1SCCSC1CC. The zero-order chi connectivity index (χ0) is 13.7. The van der Waals surface area contributed by atoms with E-state index in [1.54, 1.807) is 11.3 Å². The first-order valence-electron chi connectivity index (χ1n) is 6.97. The van der Waals surface area contributed by atoms with E-state index in [2.05, 4.69) is 48.1 Å². The van der Waals surface area contributed by atoms with E-state index in [4.69, 9.17) is 11.6 Å². The third kappa shape index (κ3) is 4.07. The predicted molar refractivity (Wildman–Crippen MR) is 93.1 cm³/mol. The van der Waals surface area contributed by atoms with E-state index in [0.717, 1.165) is 16.8 Å². The molecular formula is C14H22ClNS3. The Balaban J connectivity index is 2.18. The molecule has 2 rings (SSSR count). The molecule has 1 aliphatic rings. The molecule has 1 aromatic heterocycles. The van der Waals surface area contributed by atoms with Crippen molar-refractivity contribution in [1.82, 2.24) is 5.32 Å².